The first-order chi connectivity index (χ1) is 8.72. The quantitative estimate of drug-likeness (QED) is 0.866. The molecule has 0 aliphatic rings. The van der Waals surface area contributed by atoms with Crippen LogP contribution in [0.1, 0.15) is 12.5 Å². The molecule has 94 valence electrons. The number of hydrogen-bond donors (Lipinski definition) is 2. The molecule has 2 rings (SSSR count). The minimum absolute atomic E-state index is 0.539. The number of nitrogen functional groups attached to an aromatic ring is 1. The minimum Gasteiger partial charge on any atom is -0.481 e. The van der Waals surface area contributed by atoms with Gasteiger partial charge in [-0.3, -0.25) is 0 Å². The Kier molecular flexibility index (Phi) is 3.67. The van der Waals surface area contributed by atoms with Crippen LogP contribution in [0, 0.1) is 0 Å². The number of nitrogens with two attached hydrogens (primary N) is 1. The van der Waals surface area contributed by atoms with E-state index in [0.29, 0.717) is 17.4 Å². The second-order valence-electron chi connectivity index (χ2n) is 3.97. The van der Waals surface area contributed by atoms with Gasteiger partial charge in [-0.05, 0) is 30.2 Å². The smallest absolute Gasteiger partial charge is 0.215 e. The van der Waals surface area contributed by atoms with Crippen LogP contribution in [-0.2, 0) is 6.42 Å². The van der Waals surface area contributed by atoms with Gasteiger partial charge in [0.05, 0.1) is 12.8 Å². The molecule has 0 saturated heterocycles. The van der Waals surface area contributed by atoms with Gasteiger partial charge in [-0.25, -0.2) is 0 Å². The Morgan fingerprint density at radius 2 is 1.89 bits per heavy atom. The molecule has 0 amide bonds. The monoisotopic (exact) mass is 243 g/mol. The van der Waals surface area contributed by atoms with Gasteiger partial charge in [-0.1, -0.05) is 19.1 Å². The third-order valence-corrected chi connectivity index (χ3v) is 2.73. The van der Waals surface area contributed by atoms with Gasteiger partial charge < -0.3 is 15.8 Å². The van der Waals surface area contributed by atoms with Crippen molar-refractivity contribution in [3.05, 3.63) is 42.0 Å². The standard InChI is InChI=1S/C14H17N3O/c1-3-10-4-6-11(7-5-10)16-14-12(15)8-9-13(17-14)18-2/h4-9H,3,15H2,1-2H3,(H,16,17). The Bertz CT molecular complexity index is 523. The number of hydrogen-bond acceptors (Lipinski definition) is 4. The normalized spacial score (nSPS) is 10.1. The van der Waals surface area contributed by atoms with Crippen LogP contribution in [0.3, 0.4) is 0 Å². The lowest BCUT2D eigenvalue weighted by Crippen LogP contribution is -2.00. The molecule has 1 aromatic carbocycles. The summed E-state index contributed by atoms with van der Waals surface area (Å²) in [6.07, 6.45) is 1.03. The lowest BCUT2D eigenvalue weighted by atomic mass is 10.1. The number of nitrogens with zero attached hydrogens (tertiary/aromatic N) is 1. The van der Waals surface area contributed by atoms with Gasteiger partial charge in [0.25, 0.3) is 0 Å². The zero-order valence-corrected chi connectivity index (χ0v) is 10.6. The van der Waals surface area contributed by atoms with Gasteiger partial charge in [0.2, 0.25) is 5.88 Å². The fourth-order valence-corrected chi connectivity index (χ4v) is 1.63. The van der Waals surface area contributed by atoms with Crippen LogP contribution < -0.4 is 15.8 Å². The number of aromatic nitrogens is 1. The number of nitrogens with one attached hydrogen (secondary N) is 1. The molecule has 0 fully saturated rings. The highest BCUT2D eigenvalue weighted by atomic mass is 16.5. The van der Waals surface area contributed by atoms with E-state index in [0.717, 1.165) is 12.1 Å². The van der Waals surface area contributed by atoms with Gasteiger partial charge in [0.15, 0.2) is 5.82 Å². The van der Waals surface area contributed by atoms with Crippen LogP contribution in [0.25, 0.3) is 0 Å². The van der Waals surface area contributed by atoms with Crippen molar-refractivity contribution in [2.45, 2.75) is 13.3 Å². The lowest BCUT2D eigenvalue weighted by molar-refractivity contribution is 0.398. The summed E-state index contributed by atoms with van der Waals surface area (Å²) in [4.78, 5) is 4.27. The fourth-order valence-electron chi connectivity index (χ4n) is 1.63. The van der Waals surface area contributed by atoms with Gasteiger partial charge in [0, 0.05) is 11.8 Å². The number of benzene rings is 1. The van der Waals surface area contributed by atoms with E-state index >= 15 is 0 Å². The minimum atomic E-state index is 0.539. The van der Waals surface area contributed by atoms with E-state index in [1.807, 2.05) is 12.1 Å². The summed E-state index contributed by atoms with van der Waals surface area (Å²) in [7, 11) is 1.58. The molecule has 0 aliphatic carbocycles. The molecule has 0 spiro atoms. The van der Waals surface area contributed by atoms with E-state index in [1.54, 1.807) is 19.2 Å². The Morgan fingerprint density at radius 1 is 1.17 bits per heavy atom. The van der Waals surface area contributed by atoms with Crippen LogP contribution in [0.5, 0.6) is 5.88 Å². The first-order valence-electron chi connectivity index (χ1n) is 5.89. The Hall–Kier alpha value is -2.23. The average molecular weight is 243 g/mol. The van der Waals surface area contributed by atoms with Crippen molar-refractivity contribution in [1.29, 1.82) is 0 Å². The van der Waals surface area contributed by atoms with Crippen molar-refractivity contribution in [1.82, 2.24) is 4.98 Å². The van der Waals surface area contributed by atoms with Crippen molar-refractivity contribution >= 4 is 17.2 Å². The van der Waals surface area contributed by atoms with E-state index in [1.165, 1.54) is 5.56 Å². The largest absolute Gasteiger partial charge is 0.481 e. The van der Waals surface area contributed by atoms with Crippen molar-refractivity contribution in [3.63, 3.8) is 0 Å². The number of rotatable bonds is 4. The molecule has 3 N–H and O–H groups in total. The molecule has 0 saturated carbocycles. The molecular weight excluding hydrogens is 226 g/mol. The third kappa shape index (κ3) is 2.71. The first-order valence-corrected chi connectivity index (χ1v) is 5.89. The molecule has 0 aliphatic heterocycles. The first kappa shape index (κ1) is 12.2. The van der Waals surface area contributed by atoms with Crippen LogP contribution in [-0.4, -0.2) is 12.1 Å². The molecule has 0 unspecified atom stereocenters. The number of anilines is 3. The number of methoxy groups -OCH3 is 1. The summed E-state index contributed by atoms with van der Waals surface area (Å²) in [6.45, 7) is 2.13. The molecule has 18 heavy (non-hydrogen) atoms. The van der Waals surface area contributed by atoms with E-state index < -0.39 is 0 Å². The van der Waals surface area contributed by atoms with Crippen molar-refractivity contribution in [3.8, 4) is 5.88 Å². The number of pyridine rings is 1. The molecule has 4 nitrogen and oxygen atoms in total. The van der Waals surface area contributed by atoms with Crippen LogP contribution in [0.15, 0.2) is 36.4 Å². The Morgan fingerprint density at radius 3 is 2.50 bits per heavy atom. The lowest BCUT2D eigenvalue weighted by Gasteiger charge is -2.10. The van der Waals surface area contributed by atoms with Gasteiger partial charge in [0.1, 0.15) is 0 Å². The summed E-state index contributed by atoms with van der Waals surface area (Å²) in [5.41, 5.74) is 8.72. The van der Waals surface area contributed by atoms with E-state index in [4.69, 9.17) is 10.5 Å². The zero-order chi connectivity index (χ0) is 13.0. The van der Waals surface area contributed by atoms with E-state index in [9.17, 15) is 0 Å². The highest BCUT2D eigenvalue weighted by Crippen LogP contribution is 2.23. The number of aryl methyl sites for hydroxylation is 1. The highest BCUT2D eigenvalue weighted by molar-refractivity contribution is 5.69. The third-order valence-electron chi connectivity index (χ3n) is 2.73. The van der Waals surface area contributed by atoms with Crippen LogP contribution in [0.4, 0.5) is 17.2 Å². The van der Waals surface area contributed by atoms with Crippen LogP contribution in [0.2, 0.25) is 0 Å². The Balaban J connectivity index is 2.21. The molecule has 2 aromatic rings. The predicted octanol–water partition coefficient (Wildman–Crippen LogP) is 2.98. The Labute approximate surface area is 107 Å². The maximum absolute atomic E-state index is 5.87. The maximum Gasteiger partial charge on any atom is 0.215 e. The molecule has 4 heteroatoms. The summed E-state index contributed by atoms with van der Waals surface area (Å²) in [6, 6.07) is 11.7. The molecule has 1 heterocycles. The van der Waals surface area contributed by atoms with Gasteiger partial charge in [-0.15, -0.1) is 0 Å². The molecular formula is C14H17N3O. The highest BCUT2D eigenvalue weighted by Gasteiger charge is 2.03. The zero-order valence-electron chi connectivity index (χ0n) is 10.6. The summed E-state index contributed by atoms with van der Waals surface area (Å²) < 4.78 is 5.08. The van der Waals surface area contributed by atoms with E-state index in [-0.39, 0.29) is 0 Å². The average Bonchev–Trinajstić information content (AvgIpc) is 2.42. The molecule has 0 radical (unpaired) electrons. The SMILES string of the molecule is CCc1ccc(Nc2nc(OC)ccc2N)cc1. The molecule has 1 aromatic heterocycles. The molecule has 0 atom stereocenters. The van der Waals surface area contributed by atoms with Gasteiger partial charge in [-0.2, -0.15) is 4.98 Å². The second-order valence-corrected chi connectivity index (χ2v) is 3.97. The summed E-state index contributed by atoms with van der Waals surface area (Å²) >= 11 is 0. The van der Waals surface area contributed by atoms with Crippen molar-refractivity contribution in [2.24, 2.45) is 0 Å². The van der Waals surface area contributed by atoms with Crippen molar-refractivity contribution < 1.29 is 4.74 Å². The second kappa shape index (κ2) is 5.40. The van der Waals surface area contributed by atoms with Crippen molar-refractivity contribution in [2.75, 3.05) is 18.2 Å². The fraction of sp³-hybridized carbons (Fsp3) is 0.214. The van der Waals surface area contributed by atoms with Gasteiger partial charge >= 0.3 is 0 Å². The number of ether oxygens (including phenoxy) is 1. The van der Waals surface area contributed by atoms with E-state index in [2.05, 4.69) is 29.4 Å². The topological polar surface area (TPSA) is 60.2 Å². The maximum atomic E-state index is 5.87. The summed E-state index contributed by atoms with van der Waals surface area (Å²) in [5.74, 6) is 1.15. The predicted molar refractivity (Wildman–Crippen MR) is 74.3 cm³/mol. The summed E-state index contributed by atoms with van der Waals surface area (Å²) in [5, 5.41) is 3.18. The molecule has 0 bridgehead atoms. The van der Waals surface area contributed by atoms with Crippen LogP contribution >= 0.6 is 0 Å².